The average Bonchev–Trinajstić information content (AvgIpc) is 2.95. The second-order valence-corrected chi connectivity index (χ2v) is 13.6. The van der Waals surface area contributed by atoms with Gasteiger partial charge in [-0.3, -0.25) is 0 Å². The number of nitrogens with zero attached hydrogens (tertiary/aromatic N) is 3. The normalized spacial score (nSPS) is 18.6. The van der Waals surface area contributed by atoms with Crippen LogP contribution in [0.1, 0.15) is 37.6 Å². The van der Waals surface area contributed by atoms with Crippen LogP contribution < -0.4 is 15.0 Å². The molecular formula is C30H36N4O6S. The molecule has 11 heteroatoms. The number of alkyl carbamates (subject to hydrolysis) is 1. The maximum atomic E-state index is 12.9. The van der Waals surface area contributed by atoms with Crippen molar-refractivity contribution < 1.29 is 27.4 Å². The number of carbonyl (C=O) groups excluding carboxylic acids is 1. The van der Waals surface area contributed by atoms with E-state index in [1.807, 2.05) is 54.6 Å². The fraction of sp³-hybridized carbons (Fsp3) is 0.433. The van der Waals surface area contributed by atoms with E-state index in [9.17, 15) is 13.2 Å². The van der Waals surface area contributed by atoms with E-state index in [1.165, 1.54) is 6.26 Å². The van der Waals surface area contributed by atoms with Crippen LogP contribution in [0.4, 0.5) is 10.6 Å². The van der Waals surface area contributed by atoms with Gasteiger partial charge >= 0.3 is 6.09 Å². The Morgan fingerprint density at radius 3 is 2.49 bits per heavy atom. The molecule has 0 radical (unpaired) electrons. The van der Waals surface area contributed by atoms with E-state index in [2.05, 4.69) is 17.1 Å². The summed E-state index contributed by atoms with van der Waals surface area (Å²) in [4.78, 5) is 23.9. The zero-order valence-electron chi connectivity index (χ0n) is 23.8. The molecule has 10 nitrogen and oxygen atoms in total. The molecule has 0 bridgehead atoms. The molecule has 1 aromatic heterocycles. The summed E-state index contributed by atoms with van der Waals surface area (Å²) in [7, 11) is -3.53. The lowest BCUT2D eigenvalue weighted by molar-refractivity contribution is 0.0482. The standard InChI is InChI=1S/C30H36N4O6S/c1-20-16-38-18-24-19-39-25-26(30(2,3)41(4,36)37)32-27(33-28(25)34(20)24)23-12-10-21(11-13-23)14-15-31-29(35)40-17-22-8-6-5-7-9-22/h5-13,20,24H,14-19H2,1-4H3,(H,31,35)/t20-,24+/m1/s1. The van der Waals surface area contributed by atoms with Crippen molar-refractivity contribution in [2.24, 2.45) is 0 Å². The third-order valence-corrected chi connectivity index (χ3v) is 9.70. The van der Waals surface area contributed by atoms with E-state index in [-0.39, 0.29) is 18.7 Å². The number of nitrogens with one attached hydrogen (secondary N) is 1. The molecule has 218 valence electrons. The Kier molecular flexibility index (Phi) is 8.19. The number of hydrogen-bond donors (Lipinski definition) is 1. The Hall–Kier alpha value is -3.70. The molecule has 2 aliphatic heterocycles. The highest BCUT2D eigenvalue weighted by Gasteiger charge is 2.43. The number of hydrogen-bond acceptors (Lipinski definition) is 9. The van der Waals surface area contributed by atoms with Gasteiger partial charge in [-0.25, -0.2) is 23.2 Å². The summed E-state index contributed by atoms with van der Waals surface area (Å²) in [5.41, 5.74) is 3.03. The molecule has 3 heterocycles. The lowest BCUT2D eigenvalue weighted by Crippen LogP contribution is -2.56. The predicted molar refractivity (Wildman–Crippen MR) is 156 cm³/mol. The third kappa shape index (κ3) is 6.15. The summed E-state index contributed by atoms with van der Waals surface area (Å²) in [6.07, 6.45) is 1.36. The molecule has 1 amide bonds. The minimum Gasteiger partial charge on any atom is -0.486 e. The number of ether oxygens (including phenoxy) is 3. The number of anilines is 1. The predicted octanol–water partition coefficient (Wildman–Crippen LogP) is 3.88. The Morgan fingerprint density at radius 1 is 1.05 bits per heavy atom. The quantitative estimate of drug-likeness (QED) is 0.423. The molecule has 1 N–H and O–H groups in total. The van der Waals surface area contributed by atoms with Crippen LogP contribution >= 0.6 is 0 Å². The smallest absolute Gasteiger partial charge is 0.407 e. The van der Waals surface area contributed by atoms with Crippen LogP contribution in [0, 0.1) is 0 Å². The Bertz CT molecular complexity index is 1500. The maximum Gasteiger partial charge on any atom is 0.407 e. The lowest BCUT2D eigenvalue weighted by Gasteiger charge is -2.45. The topological polar surface area (TPSA) is 120 Å². The molecule has 2 aliphatic rings. The van der Waals surface area contributed by atoms with Gasteiger partial charge in [0.15, 0.2) is 27.2 Å². The van der Waals surface area contributed by atoms with Gasteiger partial charge < -0.3 is 24.4 Å². The molecule has 0 unspecified atom stereocenters. The van der Waals surface area contributed by atoms with Gasteiger partial charge in [-0.05, 0) is 38.3 Å². The van der Waals surface area contributed by atoms with Crippen molar-refractivity contribution in [2.45, 2.75) is 50.6 Å². The van der Waals surface area contributed by atoms with Crippen molar-refractivity contribution in [1.82, 2.24) is 15.3 Å². The second-order valence-electron chi connectivity index (χ2n) is 11.0. The van der Waals surface area contributed by atoms with E-state index >= 15 is 0 Å². The maximum absolute atomic E-state index is 12.9. The monoisotopic (exact) mass is 580 g/mol. The number of sulfone groups is 1. The van der Waals surface area contributed by atoms with Crippen molar-refractivity contribution in [3.63, 3.8) is 0 Å². The average molecular weight is 581 g/mol. The van der Waals surface area contributed by atoms with Gasteiger partial charge in [0.05, 0.1) is 25.3 Å². The van der Waals surface area contributed by atoms with E-state index in [4.69, 9.17) is 24.2 Å². The van der Waals surface area contributed by atoms with E-state index in [0.29, 0.717) is 55.9 Å². The van der Waals surface area contributed by atoms with E-state index in [0.717, 1.165) is 16.7 Å². The van der Waals surface area contributed by atoms with Crippen LogP contribution in [0.25, 0.3) is 11.4 Å². The van der Waals surface area contributed by atoms with Crippen molar-refractivity contribution in [1.29, 1.82) is 0 Å². The fourth-order valence-corrected chi connectivity index (χ4v) is 5.44. The molecule has 0 aliphatic carbocycles. The van der Waals surface area contributed by atoms with Crippen molar-refractivity contribution >= 4 is 21.7 Å². The molecule has 2 aromatic carbocycles. The first-order valence-electron chi connectivity index (χ1n) is 13.7. The van der Waals surface area contributed by atoms with Crippen LogP contribution in [0.3, 0.4) is 0 Å². The summed E-state index contributed by atoms with van der Waals surface area (Å²) in [5, 5.41) is 2.78. The van der Waals surface area contributed by atoms with Gasteiger partial charge in [0.2, 0.25) is 0 Å². The zero-order valence-corrected chi connectivity index (χ0v) is 24.6. The number of carbonyl (C=O) groups is 1. The summed E-state index contributed by atoms with van der Waals surface area (Å²) >= 11 is 0. The van der Waals surface area contributed by atoms with E-state index in [1.54, 1.807) is 13.8 Å². The molecule has 0 spiro atoms. The molecule has 2 atom stereocenters. The van der Waals surface area contributed by atoms with Gasteiger partial charge in [0.25, 0.3) is 0 Å². The summed E-state index contributed by atoms with van der Waals surface area (Å²) in [5.74, 6) is 1.43. The number of fused-ring (bicyclic) bond motifs is 3. The zero-order chi connectivity index (χ0) is 29.2. The fourth-order valence-electron chi connectivity index (χ4n) is 4.95. The van der Waals surface area contributed by atoms with Gasteiger partial charge in [0.1, 0.15) is 23.7 Å². The molecule has 1 saturated heterocycles. The SMILES string of the molecule is C[C@@H]1COC[C@H]2COc3c(nc(-c4ccc(CCNC(=O)OCc5ccccc5)cc4)nc3C(C)(C)S(C)(=O)=O)N21. The van der Waals surface area contributed by atoms with Crippen molar-refractivity contribution in [2.75, 3.05) is 37.5 Å². The van der Waals surface area contributed by atoms with Crippen LogP contribution in [0.5, 0.6) is 5.75 Å². The largest absolute Gasteiger partial charge is 0.486 e. The Morgan fingerprint density at radius 2 is 1.78 bits per heavy atom. The van der Waals surface area contributed by atoms with Crippen molar-refractivity contribution in [3.05, 3.63) is 71.4 Å². The molecule has 41 heavy (non-hydrogen) atoms. The molecule has 1 fully saturated rings. The van der Waals surface area contributed by atoms with E-state index < -0.39 is 20.7 Å². The highest BCUT2D eigenvalue weighted by Crippen LogP contribution is 2.44. The minimum atomic E-state index is -3.53. The number of benzene rings is 2. The minimum absolute atomic E-state index is 0.0162. The Labute approximate surface area is 241 Å². The van der Waals surface area contributed by atoms with Crippen LogP contribution in [0.2, 0.25) is 0 Å². The van der Waals surface area contributed by atoms with Gasteiger partial charge in [0, 0.05) is 18.4 Å². The third-order valence-electron chi connectivity index (χ3n) is 7.66. The number of morpholine rings is 1. The summed E-state index contributed by atoms with van der Waals surface area (Å²) < 4.78 is 41.5. The van der Waals surface area contributed by atoms with Crippen LogP contribution in [-0.4, -0.2) is 69.2 Å². The highest BCUT2D eigenvalue weighted by atomic mass is 32.2. The first kappa shape index (κ1) is 28.8. The summed E-state index contributed by atoms with van der Waals surface area (Å²) in [6, 6.07) is 17.3. The summed E-state index contributed by atoms with van der Waals surface area (Å²) in [6.45, 7) is 7.42. The molecule has 3 aromatic rings. The molecule has 5 rings (SSSR count). The van der Waals surface area contributed by atoms with Crippen LogP contribution in [-0.2, 0) is 37.1 Å². The number of amides is 1. The van der Waals surface area contributed by atoms with Gasteiger partial charge in [-0.15, -0.1) is 0 Å². The number of aromatic nitrogens is 2. The van der Waals surface area contributed by atoms with Gasteiger partial charge in [-0.2, -0.15) is 0 Å². The Balaban J connectivity index is 1.34. The van der Waals surface area contributed by atoms with Crippen LogP contribution in [0.15, 0.2) is 54.6 Å². The molecular weight excluding hydrogens is 544 g/mol. The molecule has 0 saturated carbocycles. The first-order valence-corrected chi connectivity index (χ1v) is 15.6. The second kappa shape index (κ2) is 11.7. The van der Waals surface area contributed by atoms with Crippen molar-refractivity contribution in [3.8, 4) is 17.1 Å². The highest BCUT2D eigenvalue weighted by molar-refractivity contribution is 7.91. The first-order chi connectivity index (χ1) is 19.5. The number of rotatable bonds is 8. The lowest BCUT2D eigenvalue weighted by atomic mass is 10.0. The van der Waals surface area contributed by atoms with Gasteiger partial charge in [-0.1, -0.05) is 54.6 Å².